The molecule has 2 rings (SSSR count). The highest BCUT2D eigenvalue weighted by Crippen LogP contribution is 2.18. The van der Waals surface area contributed by atoms with Crippen LogP contribution in [0.2, 0.25) is 0 Å². The lowest BCUT2D eigenvalue weighted by molar-refractivity contribution is 0.164. The smallest absolute Gasteiger partial charge is 0.279 e. The lowest BCUT2D eigenvalue weighted by Gasteiger charge is -2.30. The van der Waals surface area contributed by atoms with E-state index in [1.54, 1.807) is 10.9 Å². The van der Waals surface area contributed by atoms with Gasteiger partial charge in [0.15, 0.2) is 0 Å². The summed E-state index contributed by atoms with van der Waals surface area (Å²) in [6.07, 6.45) is 3.22. The summed E-state index contributed by atoms with van der Waals surface area (Å²) in [5.41, 5.74) is 0. The van der Waals surface area contributed by atoms with Gasteiger partial charge in [0.05, 0.1) is 6.54 Å². The van der Waals surface area contributed by atoms with Crippen molar-refractivity contribution in [2.24, 2.45) is 5.92 Å². The molecule has 0 spiro atoms. The summed E-state index contributed by atoms with van der Waals surface area (Å²) in [4.78, 5) is 0. The van der Waals surface area contributed by atoms with Crippen LogP contribution in [0.25, 0.3) is 0 Å². The summed E-state index contributed by atoms with van der Waals surface area (Å²) in [5, 5.41) is 16.8. The van der Waals surface area contributed by atoms with E-state index in [9.17, 15) is 8.42 Å². The van der Waals surface area contributed by atoms with E-state index in [2.05, 4.69) is 14.9 Å². The minimum Gasteiger partial charge on any atom is -0.396 e. The minimum absolute atomic E-state index is 0.0240. The summed E-state index contributed by atoms with van der Waals surface area (Å²) >= 11 is 0. The van der Waals surface area contributed by atoms with E-state index >= 15 is 0 Å². The second-order valence-electron chi connectivity index (χ2n) is 4.91. The molecule has 0 amide bonds. The van der Waals surface area contributed by atoms with E-state index in [4.69, 9.17) is 5.11 Å². The number of piperidine rings is 1. The maximum absolute atomic E-state index is 12.2. The molecule has 1 atom stereocenters. The van der Waals surface area contributed by atoms with Gasteiger partial charge < -0.3 is 9.67 Å². The quantitative estimate of drug-likeness (QED) is 0.726. The number of nitrogens with one attached hydrogen (secondary N) is 1. The Kier molecular flexibility index (Phi) is 5.08. The van der Waals surface area contributed by atoms with E-state index < -0.39 is 10.2 Å². The van der Waals surface area contributed by atoms with E-state index in [1.807, 2.05) is 6.92 Å². The monoisotopic (exact) mass is 303 g/mol. The molecule has 2 heterocycles. The highest BCUT2D eigenvalue weighted by molar-refractivity contribution is 7.87. The zero-order valence-electron chi connectivity index (χ0n) is 11.6. The van der Waals surface area contributed by atoms with Gasteiger partial charge in [-0.2, -0.15) is 17.4 Å². The Labute approximate surface area is 119 Å². The van der Waals surface area contributed by atoms with Crippen molar-refractivity contribution < 1.29 is 13.5 Å². The first kappa shape index (κ1) is 15.4. The maximum Gasteiger partial charge on any atom is 0.279 e. The van der Waals surface area contributed by atoms with Crippen LogP contribution in [0.4, 0.5) is 0 Å². The molecule has 1 unspecified atom stereocenters. The molecule has 0 saturated carbocycles. The summed E-state index contributed by atoms with van der Waals surface area (Å²) in [5.74, 6) is 0.617. The van der Waals surface area contributed by atoms with Gasteiger partial charge in [0, 0.05) is 26.2 Å². The highest BCUT2D eigenvalue weighted by Gasteiger charge is 2.28. The van der Waals surface area contributed by atoms with Crippen LogP contribution < -0.4 is 4.72 Å². The van der Waals surface area contributed by atoms with Crippen LogP contribution in [0.15, 0.2) is 6.33 Å². The van der Waals surface area contributed by atoms with Gasteiger partial charge in [-0.05, 0) is 25.7 Å². The number of nitrogens with zero attached hydrogens (tertiary/aromatic N) is 4. The van der Waals surface area contributed by atoms with Crippen molar-refractivity contribution in [3.63, 3.8) is 0 Å². The van der Waals surface area contributed by atoms with Crippen LogP contribution >= 0.6 is 0 Å². The fourth-order valence-electron chi connectivity index (χ4n) is 2.32. The molecule has 1 aliphatic rings. The molecule has 9 heteroatoms. The average molecular weight is 303 g/mol. The molecule has 114 valence electrons. The third kappa shape index (κ3) is 3.54. The van der Waals surface area contributed by atoms with Crippen LogP contribution in [-0.2, 0) is 23.3 Å². The summed E-state index contributed by atoms with van der Waals surface area (Å²) in [7, 11) is -3.54. The topological polar surface area (TPSA) is 100 Å². The van der Waals surface area contributed by atoms with Crippen LogP contribution in [0.3, 0.4) is 0 Å². The Morgan fingerprint density at radius 2 is 2.35 bits per heavy atom. The van der Waals surface area contributed by atoms with Crippen LogP contribution in [0, 0.1) is 5.92 Å². The molecule has 1 aromatic heterocycles. The van der Waals surface area contributed by atoms with E-state index in [0.29, 0.717) is 25.5 Å². The normalized spacial score (nSPS) is 21.2. The predicted octanol–water partition coefficient (Wildman–Crippen LogP) is -0.663. The van der Waals surface area contributed by atoms with Crippen molar-refractivity contribution >= 4 is 10.2 Å². The number of aromatic nitrogens is 3. The molecule has 0 bridgehead atoms. The molecule has 0 aromatic carbocycles. The summed E-state index contributed by atoms with van der Waals surface area (Å²) in [6, 6.07) is 0. The molecule has 8 nitrogen and oxygen atoms in total. The summed E-state index contributed by atoms with van der Waals surface area (Å²) in [6.45, 7) is 3.64. The molecular formula is C11H21N5O3S. The van der Waals surface area contributed by atoms with Crippen molar-refractivity contribution in [1.82, 2.24) is 23.8 Å². The Balaban J connectivity index is 1.97. The second-order valence-corrected chi connectivity index (χ2v) is 6.66. The molecule has 1 aliphatic heterocycles. The van der Waals surface area contributed by atoms with Crippen molar-refractivity contribution in [2.75, 3.05) is 19.7 Å². The fraction of sp³-hybridized carbons (Fsp3) is 0.818. The van der Waals surface area contributed by atoms with Gasteiger partial charge in [-0.15, -0.1) is 10.2 Å². The first-order valence-corrected chi connectivity index (χ1v) is 8.23. The molecular weight excluding hydrogens is 282 g/mol. The third-order valence-electron chi connectivity index (χ3n) is 3.53. The van der Waals surface area contributed by atoms with Gasteiger partial charge in [0.25, 0.3) is 10.2 Å². The van der Waals surface area contributed by atoms with Gasteiger partial charge in [-0.1, -0.05) is 0 Å². The number of hydrogen-bond donors (Lipinski definition) is 2. The van der Waals surface area contributed by atoms with E-state index in [-0.39, 0.29) is 19.1 Å². The SMILES string of the molecule is CCn1cnnc1CNS(=O)(=O)N1CCCC(CO)C1. The second kappa shape index (κ2) is 6.61. The molecule has 1 aromatic rings. The standard InChI is InChI=1S/C11H21N5O3S/c1-2-15-9-12-14-11(15)6-13-20(18,19)16-5-3-4-10(7-16)8-17/h9-10,13,17H,2-8H2,1H3. The van der Waals surface area contributed by atoms with Crippen LogP contribution in [0.5, 0.6) is 0 Å². The third-order valence-corrected chi connectivity index (χ3v) is 5.05. The lowest BCUT2D eigenvalue weighted by Crippen LogP contribution is -2.46. The number of rotatable bonds is 6. The van der Waals surface area contributed by atoms with Gasteiger partial charge in [-0.3, -0.25) is 0 Å². The van der Waals surface area contributed by atoms with Crippen molar-refractivity contribution in [3.05, 3.63) is 12.2 Å². The maximum atomic E-state index is 12.2. The first-order valence-electron chi connectivity index (χ1n) is 6.79. The number of aliphatic hydroxyl groups is 1. The van der Waals surface area contributed by atoms with E-state index in [1.165, 1.54) is 4.31 Å². The Bertz CT molecular complexity index is 530. The largest absolute Gasteiger partial charge is 0.396 e. The van der Waals surface area contributed by atoms with Gasteiger partial charge in [0.2, 0.25) is 0 Å². The number of hydrogen-bond acceptors (Lipinski definition) is 5. The Hall–Kier alpha value is -1.03. The van der Waals surface area contributed by atoms with Gasteiger partial charge >= 0.3 is 0 Å². The summed E-state index contributed by atoms with van der Waals surface area (Å²) < 4.78 is 30.2. The molecule has 2 N–H and O–H groups in total. The predicted molar refractivity (Wildman–Crippen MR) is 72.8 cm³/mol. The number of aryl methyl sites for hydroxylation is 1. The molecule has 1 fully saturated rings. The van der Waals surface area contributed by atoms with Gasteiger partial charge in [-0.25, -0.2) is 0 Å². The molecule has 1 saturated heterocycles. The molecule has 0 radical (unpaired) electrons. The fourth-order valence-corrected chi connectivity index (χ4v) is 3.59. The average Bonchev–Trinajstić information content (AvgIpc) is 2.93. The zero-order valence-corrected chi connectivity index (χ0v) is 12.4. The van der Waals surface area contributed by atoms with Gasteiger partial charge in [0.1, 0.15) is 12.2 Å². The number of aliphatic hydroxyl groups excluding tert-OH is 1. The van der Waals surface area contributed by atoms with Crippen molar-refractivity contribution in [2.45, 2.75) is 32.9 Å². The zero-order chi connectivity index (χ0) is 14.6. The van der Waals surface area contributed by atoms with E-state index in [0.717, 1.165) is 12.8 Å². The molecule has 20 heavy (non-hydrogen) atoms. The van der Waals surface area contributed by atoms with Crippen LogP contribution in [-0.4, -0.2) is 52.3 Å². The van der Waals surface area contributed by atoms with Crippen molar-refractivity contribution in [3.8, 4) is 0 Å². The lowest BCUT2D eigenvalue weighted by atomic mass is 10.0. The highest BCUT2D eigenvalue weighted by atomic mass is 32.2. The first-order chi connectivity index (χ1) is 9.56. The Morgan fingerprint density at radius 1 is 1.55 bits per heavy atom. The van der Waals surface area contributed by atoms with Crippen LogP contribution in [0.1, 0.15) is 25.6 Å². The molecule has 0 aliphatic carbocycles. The van der Waals surface area contributed by atoms with Crippen molar-refractivity contribution in [1.29, 1.82) is 0 Å². The minimum atomic E-state index is -3.54. The Morgan fingerprint density at radius 3 is 3.05 bits per heavy atom.